The molecule has 2 amide bonds. The predicted octanol–water partition coefficient (Wildman–Crippen LogP) is 2.78. The molecule has 0 saturated heterocycles. The van der Waals surface area contributed by atoms with E-state index >= 15 is 0 Å². The third-order valence-electron chi connectivity index (χ3n) is 3.88. The van der Waals surface area contributed by atoms with Gasteiger partial charge in [-0.15, -0.1) is 0 Å². The van der Waals surface area contributed by atoms with Crippen molar-refractivity contribution in [2.45, 2.75) is 0 Å². The molecule has 0 radical (unpaired) electrons. The van der Waals surface area contributed by atoms with Gasteiger partial charge in [-0.25, -0.2) is 0 Å². The Morgan fingerprint density at radius 1 is 1.04 bits per heavy atom. The van der Waals surface area contributed by atoms with Gasteiger partial charge >= 0.3 is 0 Å². The van der Waals surface area contributed by atoms with E-state index in [1.54, 1.807) is 18.2 Å². The third-order valence-corrected chi connectivity index (χ3v) is 3.88. The largest absolute Gasteiger partial charge is 0.378 e. The molecule has 3 aromatic rings. The lowest BCUT2D eigenvalue weighted by Crippen LogP contribution is -2.33. The molecule has 7 nitrogen and oxygen atoms in total. The number of nitrogens with zero attached hydrogens (tertiary/aromatic N) is 2. The van der Waals surface area contributed by atoms with Gasteiger partial charge in [-0.05, 0) is 24.3 Å². The van der Waals surface area contributed by atoms with Crippen LogP contribution in [0.5, 0.6) is 0 Å². The first-order valence-electron chi connectivity index (χ1n) is 8.40. The van der Waals surface area contributed by atoms with E-state index in [4.69, 9.17) is 4.52 Å². The van der Waals surface area contributed by atoms with Gasteiger partial charge in [-0.1, -0.05) is 35.5 Å². The molecule has 0 bridgehead atoms. The number of amides is 2. The average Bonchev–Trinajstić information content (AvgIpc) is 3.17. The second-order valence-electron chi connectivity index (χ2n) is 6.11. The van der Waals surface area contributed by atoms with E-state index in [2.05, 4.69) is 15.8 Å². The van der Waals surface area contributed by atoms with E-state index in [-0.39, 0.29) is 18.1 Å². The number of carbonyl (C=O) groups is 2. The number of nitrogens with one attached hydrogen (secondary N) is 2. The Morgan fingerprint density at radius 3 is 2.41 bits per heavy atom. The molecule has 0 saturated carbocycles. The first-order valence-corrected chi connectivity index (χ1v) is 8.40. The van der Waals surface area contributed by atoms with Crippen molar-refractivity contribution in [3.8, 4) is 11.3 Å². The van der Waals surface area contributed by atoms with Crippen molar-refractivity contribution in [3.05, 3.63) is 66.4 Å². The molecule has 0 unspecified atom stereocenters. The number of benzene rings is 2. The Hall–Kier alpha value is -3.61. The normalized spacial score (nSPS) is 10.3. The van der Waals surface area contributed by atoms with E-state index in [0.717, 1.165) is 11.3 Å². The van der Waals surface area contributed by atoms with E-state index in [9.17, 15) is 9.59 Å². The van der Waals surface area contributed by atoms with Gasteiger partial charge in [0.2, 0.25) is 5.91 Å². The molecule has 2 aromatic carbocycles. The summed E-state index contributed by atoms with van der Waals surface area (Å²) >= 11 is 0. The predicted molar refractivity (Wildman–Crippen MR) is 104 cm³/mol. The maximum absolute atomic E-state index is 12.1. The van der Waals surface area contributed by atoms with E-state index in [1.165, 1.54) is 0 Å². The van der Waals surface area contributed by atoms with Gasteiger partial charge in [0.15, 0.2) is 11.5 Å². The van der Waals surface area contributed by atoms with Crippen LogP contribution in [0.15, 0.2) is 65.2 Å². The van der Waals surface area contributed by atoms with Gasteiger partial charge in [0.1, 0.15) is 0 Å². The number of rotatable bonds is 6. The maximum Gasteiger partial charge on any atom is 0.273 e. The SMILES string of the molecule is CN(C)c1ccc(NC(=O)CNC(=O)c2cc(-c3ccccc3)on2)cc1. The molecule has 0 fully saturated rings. The molecular weight excluding hydrogens is 344 g/mol. The van der Waals surface area contributed by atoms with Crippen molar-refractivity contribution in [3.63, 3.8) is 0 Å². The highest BCUT2D eigenvalue weighted by atomic mass is 16.5. The molecule has 138 valence electrons. The van der Waals surface area contributed by atoms with Crippen molar-refractivity contribution in [1.29, 1.82) is 0 Å². The summed E-state index contributed by atoms with van der Waals surface area (Å²) in [5.41, 5.74) is 2.63. The van der Waals surface area contributed by atoms with Gasteiger partial charge in [0.25, 0.3) is 5.91 Å². The van der Waals surface area contributed by atoms with Crippen molar-refractivity contribution in [1.82, 2.24) is 10.5 Å². The summed E-state index contributed by atoms with van der Waals surface area (Å²) in [4.78, 5) is 26.1. The summed E-state index contributed by atoms with van der Waals surface area (Å²) in [5.74, 6) is -0.307. The maximum atomic E-state index is 12.1. The Kier molecular flexibility index (Phi) is 5.51. The molecule has 0 spiro atoms. The topological polar surface area (TPSA) is 87.5 Å². The molecule has 27 heavy (non-hydrogen) atoms. The van der Waals surface area contributed by atoms with Crippen molar-refractivity contribution in [2.24, 2.45) is 0 Å². The third kappa shape index (κ3) is 4.72. The number of carbonyl (C=O) groups excluding carboxylic acids is 2. The van der Waals surface area contributed by atoms with Crippen LogP contribution in [0.4, 0.5) is 11.4 Å². The molecule has 3 rings (SSSR count). The number of hydrogen-bond acceptors (Lipinski definition) is 5. The summed E-state index contributed by atoms with van der Waals surface area (Å²) in [7, 11) is 3.88. The molecule has 1 aromatic heterocycles. The first kappa shape index (κ1) is 18.2. The Labute approximate surface area is 157 Å². The second kappa shape index (κ2) is 8.18. The summed E-state index contributed by atoms with van der Waals surface area (Å²) in [6.45, 7) is -0.165. The highest BCUT2D eigenvalue weighted by molar-refractivity contribution is 5.98. The summed E-state index contributed by atoms with van der Waals surface area (Å²) in [6, 6.07) is 18.3. The summed E-state index contributed by atoms with van der Waals surface area (Å²) in [5, 5.41) is 9.02. The van der Waals surface area contributed by atoms with Crippen LogP contribution in [0.3, 0.4) is 0 Å². The average molecular weight is 364 g/mol. The van der Waals surface area contributed by atoms with Crippen molar-refractivity contribution < 1.29 is 14.1 Å². The van der Waals surface area contributed by atoms with Crippen LogP contribution in [-0.2, 0) is 4.79 Å². The molecule has 7 heteroatoms. The summed E-state index contributed by atoms with van der Waals surface area (Å²) in [6.07, 6.45) is 0. The smallest absolute Gasteiger partial charge is 0.273 e. The Balaban J connectivity index is 1.53. The van der Waals surface area contributed by atoms with E-state index < -0.39 is 5.91 Å². The second-order valence-corrected chi connectivity index (χ2v) is 6.11. The van der Waals surface area contributed by atoms with E-state index in [0.29, 0.717) is 11.4 Å². The van der Waals surface area contributed by atoms with Crippen LogP contribution in [0.25, 0.3) is 11.3 Å². The van der Waals surface area contributed by atoms with Gasteiger partial charge in [-0.3, -0.25) is 9.59 Å². The fourth-order valence-corrected chi connectivity index (χ4v) is 2.42. The minimum absolute atomic E-state index is 0.122. The van der Waals surface area contributed by atoms with Gasteiger partial charge in [0.05, 0.1) is 6.54 Å². The fourth-order valence-electron chi connectivity index (χ4n) is 2.42. The molecule has 0 aliphatic rings. The number of anilines is 2. The molecule has 1 heterocycles. The van der Waals surface area contributed by atoms with Crippen LogP contribution in [0.1, 0.15) is 10.5 Å². The Bertz CT molecular complexity index is 918. The zero-order valence-corrected chi connectivity index (χ0v) is 15.1. The minimum atomic E-state index is -0.473. The lowest BCUT2D eigenvalue weighted by molar-refractivity contribution is -0.115. The van der Waals surface area contributed by atoms with Gasteiger partial charge < -0.3 is 20.1 Å². The molecule has 2 N–H and O–H groups in total. The lowest BCUT2D eigenvalue weighted by Gasteiger charge is -2.13. The fraction of sp³-hybridized carbons (Fsp3) is 0.150. The van der Waals surface area contributed by atoms with E-state index in [1.807, 2.05) is 61.5 Å². The van der Waals surface area contributed by atoms with Crippen LogP contribution >= 0.6 is 0 Å². The molecule has 0 aliphatic carbocycles. The Morgan fingerprint density at radius 2 is 1.74 bits per heavy atom. The van der Waals surface area contributed by atoms with Gasteiger partial charge in [0, 0.05) is 37.1 Å². The van der Waals surface area contributed by atoms with Crippen LogP contribution in [-0.4, -0.2) is 37.6 Å². The first-order chi connectivity index (χ1) is 13.0. The lowest BCUT2D eigenvalue weighted by atomic mass is 10.1. The monoisotopic (exact) mass is 364 g/mol. The molecule has 0 atom stereocenters. The highest BCUT2D eigenvalue weighted by Gasteiger charge is 2.14. The minimum Gasteiger partial charge on any atom is -0.378 e. The van der Waals surface area contributed by atoms with Crippen molar-refractivity contribution in [2.75, 3.05) is 30.9 Å². The zero-order valence-electron chi connectivity index (χ0n) is 15.1. The van der Waals surface area contributed by atoms with Crippen LogP contribution < -0.4 is 15.5 Å². The quantitative estimate of drug-likeness (QED) is 0.702. The van der Waals surface area contributed by atoms with Crippen LogP contribution in [0, 0.1) is 0 Å². The van der Waals surface area contributed by atoms with Crippen molar-refractivity contribution >= 4 is 23.2 Å². The number of hydrogen-bond donors (Lipinski definition) is 2. The molecular formula is C20H20N4O3. The summed E-state index contributed by atoms with van der Waals surface area (Å²) < 4.78 is 5.19. The number of aromatic nitrogens is 1. The highest BCUT2D eigenvalue weighted by Crippen LogP contribution is 2.19. The van der Waals surface area contributed by atoms with Gasteiger partial charge in [-0.2, -0.15) is 0 Å². The zero-order chi connectivity index (χ0) is 19.2. The standard InChI is InChI=1S/C20H20N4O3/c1-24(2)16-10-8-15(9-11-16)22-19(25)13-21-20(26)17-12-18(27-23-17)14-6-4-3-5-7-14/h3-12H,13H2,1-2H3,(H,21,26)(H,22,25). The molecule has 0 aliphatic heterocycles. The van der Waals surface area contributed by atoms with Crippen LogP contribution in [0.2, 0.25) is 0 Å².